The Morgan fingerprint density at radius 3 is 2.04 bits per heavy atom. The van der Waals surface area contributed by atoms with Crippen LogP contribution in [0.15, 0.2) is 4.99 Å². The van der Waals surface area contributed by atoms with Crippen molar-refractivity contribution in [1.82, 2.24) is 20.4 Å². The lowest BCUT2D eigenvalue weighted by Crippen LogP contribution is -2.52. The Morgan fingerprint density at radius 2 is 1.54 bits per heavy atom. The number of carbonyl (C=O) groups is 2. The molecule has 0 spiro atoms. The molecule has 0 atom stereocenters. The van der Waals surface area contributed by atoms with Crippen molar-refractivity contribution in [2.45, 2.75) is 70.9 Å². The molecule has 2 amide bonds. The summed E-state index contributed by atoms with van der Waals surface area (Å²) in [4.78, 5) is 32.2. The zero-order valence-electron chi connectivity index (χ0n) is 17.9. The number of likely N-dealkylation sites (N-methyl/N-ethyl adjacent to an activating group) is 1. The summed E-state index contributed by atoms with van der Waals surface area (Å²) in [5.41, 5.74) is 0. The standard InChI is InChI=1S/C20H37N5O2.HI/c1-15(2)19(27)25-12-10-17(11-13-25)23-20(21-14-18(26)24(3)4)22-16-8-6-5-7-9-16;/h15-17H,5-14H2,1-4H3,(H2,21,22,23);1H. The van der Waals surface area contributed by atoms with E-state index >= 15 is 0 Å². The first-order valence-electron chi connectivity index (χ1n) is 10.4. The average Bonchev–Trinajstić information content (AvgIpc) is 2.66. The molecule has 2 rings (SSSR count). The first-order chi connectivity index (χ1) is 12.9. The SMILES string of the molecule is CC(C)C(=O)N1CCC(NC(=NCC(=O)N(C)C)NC2CCCCC2)CC1.I. The molecule has 2 aliphatic rings. The molecule has 1 aliphatic heterocycles. The summed E-state index contributed by atoms with van der Waals surface area (Å²) < 4.78 is 0. The Balaban J connectivity index is 0.00000392. The smallest absolute Gasteiger partial charge is 0.243 e. The Morgan fingerprint density at radius 1 is 1.00 bits per heavy atom. The van der Waals surface area contributed by atoms with Crippen LogP contribution in [-0.2, 0) is 9.59 Å². The Hall–Kier alpha value is -1.06. The monoisotopic (exact) mass is 507 g/mol. The molecule has 1 saturated heterocycles. The van der Waals surface area contributed by atoms with Gasteiger partial charge in [-0.1, -0.05) is 33.1 Å². The van der Waals surface area contributed by atoms with Gasteiger partial charge < -0.3 is 20.4 Å². The molecule has 0 aromatic rings. The molecule has 0 radical (unpaired) electrons. The van der Waals surface area contributed by atoms with E-state index in [2.05, 4.69) is 15.6 Å². The maximum absolute atomic E-state index is 12.2. The summed E-state index contributed by atoms with van der Waals surface area (Å²) in [6, 6.07) is 0.715. The van der Waals surface area contributed by atoms with Gasteiger partial charge in [-0.15, -0.1) is 24.0 Å². The van der Waals surface area contributed by atoms with E-state index in [1.165, 1.54) is 19.3 Å². The molecule has 0 bridgehead atoms. The Kier molecular flexibility index (Phi) is 11.1. The van der Waals surface area contributed by atoms with Gasteiger partial charge in [0.2, 0.25) is 11.8 Å². The van der Waals surface area contributed by atoms with Crippen molar-refractivity contribution in [3.05, 3.63) is 0 Å². The highest BCUT2D eigenvalue weighted by molar-refractivity contribution is 14.0. The lowest BCUT2D eigenvalue weighted by molar-refractivity contribution is -0.135. The molecule has 2 fully saturated rings. The van der Waals surface area contributed by atoms with Gasteiger partial charge in [0, 0.05) is 45.2 Å². The summed E-state index contributed by atoms with van der Waals surface area (Å²) in [5.74, 6) is 1.03. The fourth-order valence-corrected chi connectivity index (χ4v) is 3.66. The zero-order chi connectivity index (χ0) is 19.8. The summed E-state index contributed by atoms with van der Waals surface area (Å²) in [5, 5.41) is 7.05. The maximum atomic E-state index is 12.2. The quantitative estimate of drug-likeness (QED) is 0.340. The van der Waals surface area contributed by atoms with Crippen LogP contribution in [0, 0.1) is 5.92 Å². The minimum Gasteiger partial charge on any atom is -0.354 e. The van der Waals surface area contributed by atoms with Gasteiger partial charge >= 0.3 is 0 Å². The number of amides is 2. The molecule has 2 N–H and O–H groups in total. The molecule has 1 saturated carbocycles. The number of halogens is 1. The second-order valence-electron chi connectivity index (χ2n) is 8.33. The van der Waals surface area contributed by atoms with Crippen LogP contribution in [0.1, 0.15) is 58.8 Å². The Labute approximate surface area is 187 Å². The lowest BCUT2D eigenvalue weighted by Gasteiger charge is -2.35. The van der Waals surface area contributed by atoms with E-state index in [1.54, 1.807) is 19.0 Å². The molecule has 8 heteroatoms. The number of piperidine rings is 1. The molecule has 0 unspecified atom stereocenters. The molecular formula is C20H38IN5O2. The van der Waals surface area contributed by atoms with E-state index in [4.69, 9.17) is 0 Å². The maximum Gasteiger partial charge on any atom is 0.243 e. The van der Waals surface area contributed by atoms with Crippen molar-refractivity contribution < 1.29 is 9.59 Å². The summed E-state index contributed by atoms with van der Waals surface area (Å²) >= 11 is 0. The molecular weight excluding hydrogens is 469 g/mol. The minimum absolute atomic E-state index is 0. The van der Waals surface area contributed by atoms with E-state index in [0.717, 1.165) is 44.7 Å². The third-order valence-corrected chi connectivity index (χ3v) is 5.46. The van der Waals surface area contributed by atoms with Crippen molar-refractivity contribution in [2.24, 2.45) is 10.9 Å². The van der Waals surface area contributed by atoms with Crippen LogP contribution < -0.4 is 10.6 Å². The largest absolute Gasteiger partial charge is 0.354 e. The van der Waals surface area contributed by atoms with E-state index in [0.29, 0.717) is 6.04 Å². The van der Waals surface area contributed by atoms with Gasteiger partial charge in [-0.05, 0) is 25.7 Å². The van der Waals surface area contributed by atoms with Crippen molar-refractivity contribution in [3.8, 4) is 0 Å². The molecule has 162 valence electrons. The molecule has 0 aromatic carbocycles. The van der Waals surface area contributed by atoms with Gasteiger partial charge in [0.15, 0.2) is 5.96 Å². The molecule has 28 heavy (non-hydrogen) atoms. The number of likely N-dealkylation sites (tertiary alicyclic amines) is 1. The molecule has 7 nitrogen and oxygen atoms in total. The normalized spacial score (nSPS) is 19.2. The van der Waals surface area contributed by atoms with E-state index in [9.17, 15) is 9.59 Å². The van der Waals surface area contributed by atoms with Gasteiger partial charge in [-0.2, -0.15) is 0 Å². The number of guanidine groups is 1. The predicted octanol–water partition coefficient (Wildman–Crippen LogP) is 2.21. The van der Waals surface area contributed by atoms with Crippen molar-refractivity contribution in [1.29, 1.82) is 0 Å². The third kappa shape index (κ3) is 8.13. The fraction of sp³-hybridized carbons (Fsp3) is 0.850. The highest BCUT2D eigenvalue weighted by Crippen LogP contribution is 2.18. The zero-order valence-corrected chi connectivity index (χ0v) is 20.2. The average molecular weight is 507 g/mol. The number of hydrogen-bond acceptors (Lipinski definition) is 3. The van der Waals surface area contributed by atoms with E-state index in [-0.39, 0.29) is 54.3 Å². The number of carbonyl (C=O) groups excluding carboxylic acids is 2. The van der Waals surface area contributed by atoms with Gasteiger partial charge in [0.25, 0.3) is 0 Å². The van der Waals surface area contributed by atoms with Crippen molar-refractivity contribution in [3.63, 3.8) is 0 Å². The second-order valence-corrected chi connectivity index (χ2v) is 8.33. The van der Waals surface area contributed by atoms with Crippen LogP contribution in [-0.4, -0.2) is 73.4 Å². The first-order valence-corrected chi connectivity index (χ1v) is 10.4. The topological polar surface area (TPSA) is 77.0 Å². The number of hydrogen-bond donors (Lipinski definition) is 2. The van der Waals surface area contributed by atoms with Crippen molar-refractivity contribution in [2.75, 3.05) is 33.7 Å². The van der Waals surface area contributed by atoms with E-state index < -0.39 is 0 Å². The first kappa shape index (κ1) is 25.0. The van der Waals surface area contributed by atoms with E-state index in [1.807, 2.05) is 18.7 Å². The van der Waals surface area contributed by atoms with Gasteiger partial charge in [0.1, 0.15) is 6.54 Å². The lowest BCUT2D eigenvalue weighted by atomic mass is 9.95. The van der Waals surface area contributed by atoms with Crippen LogP contribution in [0.3, 0.4) is 0 Å². The van der Waals surface area contributed by atoms with Gasteiger partial charge in [-0.25, -0.2) is 4.99 Å². The van der Waals surface area contributed by atoms with Gasteiger partial charge in [-0.3, -0.25) is 9.59 Å². The number of nitrogens with one attached hydrogen (secondary N) is 2. The number of rotatable bonds is 5. The predicted molar refractivity (Wildman–Crippen MR) is 124 cm³/mol. The highest BCUT2D eigenvalue weighted by atomic mass is 127. The second kappa shape index (κ2) is 12.5. The van der Waals surface area contributed by atoms with Gasteiger partial charge in [0.05, 0.1) is 0 Å². The van der Waals surface area contributed by atoms with Crippen LogP contribution in [0.4, 0.5) is 0 Å². The third-order valence-electron chi connectivity index (χ3n) is 5.46. The van der Waals surface area contributed by atoms with Crippen LogP contribution in [0.25, 0.3) is 0 Å². The van der Waals surface area contributed by atoms with Crippen LogP contribution in [0.5, 0.6) is 0 Å². The van der Waals surface area contributed by atoms with Crippen molar-refractivity contribution >= 4 is 41.8 Å². The fourth-order valence-electron chi connectivity index (χ4n) is 3.66. The van der Waals surface area contributed by atoms with Crippen LogP contribution >= 0.6 is 24.0 Å². The molecule has 1 heterocycles. The van der Waals surface area contributed by atoms with Crippen LogP contribution in [0.2, 0.25) is 0 Å². The molecule has 0 aromatic heterocycles. The number of nitrogens with zero attached hydrogens (tertiary/aromatic N) is 3. The number of aliphatic imine (C=N–C) groups is 1. The molecule has 1 aliphatic carbocycles. The summed E-state index contributed by atoms with van der Waals surface area (Å²) in [6.07, 6.45) is 7.93. The Bertz CT molecular complexity index is 525. The summed E-state index contributed by atoms with van der Waals surface area (Å²) in [7, 11) is 3.50. The summed E-state index contributed by atoms with van der Waals surface area (Å²) in [6.45, 7) is 5.62. The highest BCUT2D eigenvalue weighted by Gasteiger charge is 2.25. The minimum atomic E-state index is -0.00269.